The van der Waals surface area contributed by atoms with E-state index in [0.29, 0.717) is 23.8 Å². The summed E-state index contributed by atoms with van der Waals surface area (Å²) in [5, 5.41) is 11.1. The predicted molar refractivity (Wildman–Crippen MR) is 87.8 cm³/mol. The molecule has 23 heavy (non-hydrogen) atoms. The van der Waals surface area contributed by atoms with Gasteiger partial charge < -0.3 is 15.4 Å². The average Bonchev–Trinajstić information content (AvgIpc) is 2.53. The fourth-order valence-electron chi connectivity index (χ4n) is 2.68. The number of hydrogen-bond acceptors (Lipinski definition) is 5. The Bertz CT molecular complexity index is 655. The first-order valence-electron chi connectivity index (χ1n) is 7.61. The fourth-order valence-corrected chi connectivity index (χ4v) is 3.22. The molecule has 1 fully saturated rings. The number of ether oxygens (including phenoxy) is 1. The molecule has 1 aliphatic rings. The van der Waals surface area contributed by atoms with Crippen LogP contribution < -0.4 is 20.5 Å². The van der Waals surface area contributed by atoms with Gasteiger partial charge in [-0.1, -0.05) is 0 Å². The minimum absolute atomic E-state index is 0.0630. The van der Waals surface area contributed by atoms with E-state index in [1.807, 2.05) is 0 Å². The number of primary sulfonamides is 1. The lowest BCUT2D eigenvalue weighted by Gasteiger charge is -2.22. The third kappa shape index (κ3) is 5.19. The maximum absolute atomic E-state index is 12.1. The third-order valence-corrected chi connectivity index (χ3v) is 4.92. The maximum Gasteiger partial charge on any atom is 0.238 e. The standard InChI is InChI=1S/C15H23N3O4S/c1-22-14-4-3-12(23(16,20)21)10-13(14)18-15(19)5-2-11-6-8-17-9-7-11/h3-4,10-11,17H,2,5-9H2,1H3,(H,18,19)(H2,16,20,21). The molecule has 1 heterocycles. The van der Waals surface area contributed by atoms with Gasteiger partial charge in [0.1, 0.15) is 5.75 Å². The van der Waals surface area contributed by atoms with Crippen LogP contribution in [0.2, 0.25) is 0 Å². The van der Waals surface area contributed by atoms with Crippen LogP contribution in [0.3, 0.4) is 0 Å². The molecule has 0 bridgehead atoms. The lowest BCUT2D eigenvalue weighted by atomic mass is 9.93. The summed E-state index contributed by atoms with van der Waals surface area (Å²) in [4.78, 5) is 12.1. The van der Waals surface area contributed by atoms with Gasteiger partial charge in [-0.15, -0.1) is 0 Å². The van der Waals surface area contributed by atoms with Crippen LogP contribution in [0.25, 0.3) is 0 Å². The van der Waals surface area contributed by atoms with E-state index < -0.39 is 10.0 Å². The number of rotatable bonds is 6. The van der Waals surface area contributed by atoms with Gasteiger partial charge in [0.2, 0.25) is 15.9 Å². The summed E-state index contributed by atoms with van der Waals surface area (Å²) in [6.07, 6.45) is 3.38. The molecule has 0 aliphatic carbocycles. The number of methoxy groups -OCH3 is 1. The zero-order valence-electron chi connectivity index (χ0n) is 13.2. The number of benzene rings is 1. The lowest BCUT2D eigenvalue weighted by Crippen LogP contribution is -2.28. The monoisotopic (exact) mass is 341 g/mol. The van der Waals surface area contributed by atoms with E-state index in [2.05, 4.69) is 10.6 Å². The quantitative estimate of drug-likeness (QED) is 0.716. The number of hydrogen-bond donors (Lipinski definition) is 3. The average molecular weight is 341 g/mol. The second-order valence-corrected chi connectivity index (χ2v) is 7.25. The van der Waals surface area contributed by atoms with Crippen molar-refractivity contribution in [3.63, 3.8) is 0 Å². The van der Waals surface area contributed by atoms with Crippen LogP contribution in [0.4, 0.5) is 5.69 Å². The van der Waals surface area contributed by atoms with Gasteiger partial charge in [-0.05, 0) is 56.5 Å². The van der Waals surface area contributed by atoms with Crippen molar-refractivity contribution in [2.45, 2.75) is 30.6 Å². The Morgan fingerprint density at radius 1 is 1.39 bits per heavy atom. The number of nitrogens with one attached hydrogen (secondary N) is 2. The Labute approximate surface area is 136 Å². The molecule has 0 aromatic heterocycles. The van der Waals surface area contributed by atoms with E-state index in [1.54, 1.807) is 0 Å². The summed E-state index contributed by atoms with van der Waals surface area (Å²) in [5.74, 6) is 0.792. The van der Waals surface area contributed by atoms with Crippen LogP contribution in [0, 0.1) is 5.92 Å². The zero-order chi connectivity index (χ0) is 16.9. The normalized spacial score (nSPS) is 16.1. The number of anilines is 1. The van der Waals surface area contributed by atoms with E-state index in [0.717, 1.165) is 32.4 Å². The molecule has 7 nitrogen and oxygen atoms in total. The minimum atomic E-state index is -3.83. The molecule has 1 saturated heterocycles. The van der Waals surface area contributed by atoms with Crippen LogP contribution in [0.15, 0.2) is 23.1 Å². The number of carbonyl (C=O) groups excluding carboxylic acids is 1. The van der Waals surface area contributed by atoms with Crippen molar-refractivity contribution in [2.24, 2.45) is 11.1 Å². The summed E-state index contributed by atoms with van der Waals surface area (Å²) in [5.41, 5.74) is 0.314. The Morgan fingerprint density at radius 3 is 2.70 bits per heavy atom. The van der Waals surface area contributed by atoms with Crippen molar-refractivity contribution in [2.75, 3.05) is 25.5 Å². The van der Waals surface area contributed by atoms with Crippen molar-refractivity contribution in [3.05, 3.63) is 18.2 Å². The van der Waals surface area contributed by atoms with Crippen LogP contribution in [0.1, 0.15) is 25.7 Å². The number of nitrogens with two attached hydrogens (primary N) is 1. The fraction of sp³-hybridized carbons (Fsp3) is 0.533. The van der Waals surface area contributed by atoms with E-state index in [4.69, 9.17) is 9.88 Å². The van der Waals surface area contributed by atoms with Crippen molar-refractivity contribution in [3.8, 4) is 5.75 Å². The van der Waals surface area contributed by atoms with Gasteiger partial charge in [0.15, 0.2) is 0 Å². The van der Waals surface area contributed by atoms with Gasteiger partial charge in [-0.25, -0.2) is 13.6 Å². The number of piperidine rings is 1. The molecule has 1 amide bonds. The van der Waals surface area contributed by atoms with Crippen molar-refractivity contribution >= 4 is 21.6 Å². The molecular weight excluding hydrogens is 318 g/mol. The highest BCUT2D eigenvalue weighted by Crippen LogP contribution is 2.27. The molecule has 1 aliphatic heterocycles. The third-order valence-electron chi connectivity index (χ3n) is 4.01. The van der Waals surface area contributed by atoms with Crippen molar-refractivity contribution in [1.82, 2.24) is 5.32 Å². The summed E-state index contributed by atoms with van der Waals surface area (Å²) in [7, 11) is -2.37. The first-order chi connectivity index (χ1) is 10.9. The predicted octanol–water partition coefficient (Wildman–Crippen LogP) is 1.06. The highest BCUT2D eigenvalue weighted by molar-refractivity contribution is 7.89. The second-order valence-electron chi connectivity index (χ2n) is 5.69. The van der Waals surface area contributed by atoms with E-state index in [9.17, 15) is 13.2 Å². The zero-order valence-corrected chi connectivity index (χ0v) is 14.0. The molecule has 1 aromatic carbocycles. The smallest absolute Gasteiger partial charge is 0.238 e. The van der Waals surface area contributed by atoms with Crippen LogP contribution in [-0.4, -0.2) is 34.5 Å². The molecule has 0 radical (unpaired) electrons. The lowest BCUT2D eigenvalue weighted by molar-refractivity contribution is -0.116. The largest absolute Gasteiger partial charge is 0.495 e. The summed E-state index contributed by atoms with van der Waals surface area (Å²) >= 11 is 0. The molecule has 0 saturated carbocycles. The first kappa shape index (κ1) is 17.7. The highest BCUT2D eigenvalue weighted by Gasteiger charge is 2.17. The molecule has 2 rings (SSSR count). The summed E-state index contributed by atoms with van der Waals surface area (Å²) in [6, 6.07) is 4.14. The molecule has 8 heteroatoms. The molecule has 0 unspecified atom stereocenters. The highest BCUT2D eigenvalue weighted by atomic mass is 32.2. The summed E-state index contributed by atoms with van der Waals surface area (Å²) in [6.45, 7) is 1.99. The first-order valence-corrected chi connectivity index (χ1v) is 9.16. The van der Waals surface area contributed by atoms with E-state index in [1.165, 1.54) is 25.3 Å². The van der Waals surface area contributed by atoms with Crippen molar-refractivity contribution in [1.29, 1.82) is 0 Å². The topological polar surface area (TPSA) is 111 Å². The van der Waals surface area contributed by atoms with Gasteiger partial charge in [-0.2, -0.15) is 0 Å². The molecule has 0 atom stereocenters. The minimum Gasteiger partial charge on any atom is -0.495 e. The van der Waals surface area contributed by atoms with Crippen LogP contribution >= 0.6 is 0 Å². The molecular formula is C15H23N3O4S. The Hall–Kier alpha value is -1.64. The van der Waals surface area contributed by atoms with Gasteiger partial charge in [0.25, 0.3) is 0 Å². The van der Waals surface area contributed by atoms with E-state index in [-0.39, 0.29) is 10.8 Å². The maximum atomic E-state index is 12.1. The number of amides is 1. The summed E-state index contributed by atoms with van der Waals surface area (Å²) < 4.78 is 28.0. The van der Waals surface area contributed by atoms with Crippen LogP contribution in [-0.2, 0) is 14.8 Å². The SMILES string of the molecule is COc1ccc(S(N)(=O)=O)cc1NC(=O)CCC1CCNCC1. The molecule has 1 aromatic rings. The molecule has 4 N–H and O–H groups in total. The van der Waals surface area contributed by atoms with E-state index >= 15 is 0 Å². The Morgan fingerprint density at radius 2 is 2.09 bits per heavy atom. The van der Waals surface area contributed by atoms with Gasteiger partial charge in [-0.3, -0.25) is 4.79 Å². The Balaban J connectivity index is 2.01. The number of sulfonamides is 1. The second kappa shape index (κ2) is 7.76. The molecule has 128 valence electrons. The Kier molecular flexibility index (Phi) is 5.97. The number of carbonyl (C=O) groups is 1. The van der Waals surface area contributed by atoms with Gasteiger partial charge in [0, 0.05) is 6.42 Å². The van der Waals surface area contributed by atoms with Crippen LogP contribution in [0.5, 0.6) is 5.75 Å². The molecule has 0 spiro atoms. The van der Waals surface area contributed by atoms with Gasteiger partial charge >= 0.3 is 0 Å². The van der Waals surface area contributed by atoms with Gasteiger partial charge in [0.05, 0.1) is 17.7 Å². The van der Waals surface area contributed by atoms with Crippen molar-refractivity contribution < 1.29 is 17.9 Å².